The number of carbonyl (C=O) groups is 1. The van der Waals surface area contributed by atoms with Gasteiger partial charge in [-0.3, -0.25) is 4.79 Å². The van der Waals surface area contributed by atoms with Gasteiger partial charge in [0.25, 0.3) is 5.91 Å². The van der Waals surface area contributed by atoms with Gasteiger partial charge in [0.05, 0.1) is 0 Å². The molecule has 1 aliphatic heterocycles. The van der Waals surface area contributed by atoms with Gasteiger partial charge in [-0.25, -0.2) is 0 Å². The zero-order chi connectivity index (χ0) is 22.8. The van der Waals surface area contributed by atoms with Crippen molar-refractivity contribution in [3.05, 3.63) is 64.7 Å². The second kappa shape index (κ2) is 8.98. The molecule has 0 unspecified atom stereocenters. The molecule has 0 bridgehead atoms. The van der Waals surface area contributed by atoms with Crippen molar-refractivity contribution < 1.29 is 4.79 Å². The first kappa shape index (κ1) is 22.6. The molecule has 0 saturated heterocycles. The summed E-state index contributed by atoms with van der Waals surface area (Å²) in [6, 6.07) is 16.4. The van der Waals surface area contributed by atoms with Crippen LogP contribution in [0.25, 0.3) is 6.08 Å². The Morgan fingerprint density at radius 3 is 2.65 bits per heavy atom. The maximum Gasteiger partial charge on any atom is 0.266 e. The highest BCUT2D eigenvalue weighted by atomic mass is 16.1. The van der Waals surface area contributed by atoms with Crippen molar-refractivity contribution in [1.29, 1.82) is 5.26 Å². The average Bonchev–Trinajstić information content (AvgIpc) is 2.71. The van der Waals surface area contributed by atoms with Crippen molar-refractivity contribution in [3.63, 3.8) is 0 Å². The second-order valence-electron chi connectivity index (χ2n) is 9.33. The Hall–Kier alpha value is -3.06. The molecule has 3 rings (SSSR count). The number of hydrogen-bond donors (Lipinski definition) is 1. The van der Waals surface area contributed by atoms with E-state index in [-0.39, 0.29) is 17.0 Å². The number of fused-ring (bicyclic) bond motifs is 1. The SMILES string of the molecule is CCc1ccccc1NC(=O)/C(C#N)=C\c1ccc2c(c1)[C@@H](C)CC(C)(C)N2C(C)C. The van der Waals surface area contributed by atoms with Gasteiger partial charge in [-0.15, -0.1) is 0 Å². The van der Waals surface area contributed by atoms with Crippen molar-refractivity contribution >= 4 is 23.4 Å². The summed E-state index contributed by atoms with van der Waals surface area (Å²) in [5.41, 5.74) is 5.39. The molecule has 1 heterocycles. The third kappa shape index (κ3) is 4.66. The van der Waals surface area contributed by atoms with Crippen molar-refractivity contribution in [2.45, 2.75) is 71.9 Å². The Labute approximate surface area is 186 Å². The highest BCUT2D eigenvalue weighted by Crippen LogP contribution is 2.44. The molecular formula is C27H33N3O. The van der Waals surface area contributed by atoms with E-state index in [1.54, 1.807) is 6.08 Å². The fraction of sp³-hybridized carbons (Fsp3) is 0.407. The van der Waals surface area contributed by atoms with Gasteiger partial charge in [-0.1, -0.05) is 38.1 Å². The van der Waals surface area contributed by atoms with E-state index < -0.39 is 0 Å². The fourth-order valence-corrected chi connectivity index (χ4v) is 4.99. The zero-order valence-electron chi connectivity index (χ0n) is 19.5. The number of anilines is 2. The Morgan fingerprint density at radius 1 is 1.29 bits per heavy atom. The van der Waals surface area contributed by atoms with Gasteiger partial charge in [0, 0.05) is 23.0 Å². The number of nitrogens with zero attached hydrogens (tertiary/aromatic N) is 2. The lowest BCUT2D eigenvalue weighted by Crippen LogP contribution is -2.51. The van der Waals surface area contributed by atoms with E-state index in [0.717, 1.165) is 29.7 Å². The number of amides is 1. The van der Waals surface area contributed by atoms with Crippen LogP contribution in [-0.2, 0) is 11.2 Å². The molecule has 0 spiro atoms. The Bertz CT molecular complexity index is 1040. The van der Waals surface area contributed by atoms with Crippen LogP contribution in [0.1, 0.15) is 70.6 Å². The van der Waals surface area contributed by atoms with E-state index >= 15 is 0 Å². The van der Waals surface area contributed by atoms with Crippen LogP contribution in [0.2, 0.25) is 0 Å². The number of carbonyl (C=O) groups excluding carboxylic acids is 1. The molecule has 1 N–H and O–H groups in total. The summed E-state index contributed by atoms with van der Waals surface area (Å²) in [6.45, 7) is 13.3. The standard InChI is InChI=1S/C27H33N3O/c1-7-21-10-8-9-11-24(21)29-26(31)22(17-28)14-20-12-13-25-23(15-20)19(4)16-27(5,6)30(25)18(2)3/h8-15,18-19H,7,16H2,1-6H3,(H,29,31)/b22-14-/t19-/m0/s1. The lowest BCUT2D eigenvalue weighted by molar-refractivity contribution is -0.112. The van der Waals surface area contributed by atoms with Crippen LogP contribution in [-0.4, -0.2) is 17.5 Å². The van der Waals surface area contributed by atoms with Crippen molar-refractivity contribution in [1.82, 2.24) is 0 Å². The molecule has 31 heavy (non-hydrogen) atoms. The molecule has 4 heteroatoms. The molecule has 0 saturated carbocycles. The first-order valence-electron chi connectivity index (χ1n) is 11.1. The topological polar surface area (TPSA) is 56.1 Å². The van der Waals surface area contributed by atoms with Crippen LogP contribution >= 0.6 is 0 Å². The van der Waals surface area contributed by atoms with E-state index in [1.165, 1.54) is 11.3 Å². The number of benzene rings is 2. The third-order valence-electron chi connectivity index (χ3n) is 6.14. The van der Waals surface area contributed by atoms with E-state index in [2.05, 4.69) is 63.0 Å². The zero-order valence-corrected chi connectivity index (χ0v) is 19.5. The van der Waals surface area contributed by atoms with Crippen molar-refractivity contribution in [2.24, 2.45) is 0 Å². The first-order chi connectivity index (χ1) is 14.7. The van der Waals surface area contributed by atoms with Crippen LogP contribution in [0, 0.1) is 11.3 Å². The molecule has 2 aromatic rings. The number of hydrogen-bond acceptors (Lipinski definition) is 3. The summed E-state index contributed by atoms with van der Waals surface area (Å²) >= 11 is 0. The van der Waals surface area contributed by atoms with E-state index in [9.17, 15) is 10.1 Å². The summed E-state index contributed by atoms with van der Waals surface area (Å²) in [6.07, 6.45) is 3.56. The lowest BCUT2D eigenvalue weighted by Gasteiger charge is -2.50. The normalized spacial score (nSPS) is 17.8. The number of rotatable bonds is 5. The molecule has 2 aromatic carbocycles. The highest BCUT2D eigenvalue weighted by Gasteiger charge is 2.37. The first-order valence-corrected chi connectivity index (χ1v) is 11.1. The summed E-state index contributed by atoms with van der Waals surface area (Å²) < 4.78 is 0. The summed E-state index contributed by atoms with van der Waals surface area (Å²) in [5.74, 6) is 0.0308. The molecule has 1 atom stereocenters. The fourth-order valence-electron chi connectivity index (χ4n) is 4.99. The van der Waals surface area contributed by atoms with E-state index in [4.69, 9.17) is 0 Å². The molecule has 0 fully saturated rings. The van der Waals surface area contributed by atoms with Crippen LogP contribution in [0.15, 0.2) is 48.0 Å². The largest absolute Gasteiger partial charge is 0.364 e. The average molecular weight is 416 g/mol. The monoisotopic (exact) mass is 415 g/mol. The van der Waals surface area contributed by atoms with Gasteiger partial charge in [0.15, 0.2) is 0 Å². The lowest BCUT2D eigenvalue weighted by atomic mass is 9.79. The minimum Gasteiger partial charge on any atom is -0.364 e. The minimum absolute atomic E-state index is 0.0856. The molecular weight excluding hydrogens is 382 g/mol. The Balaban J connectivity index is 1.93. The number of nitrogens with one attached hydrogen (secondary N) is 1. The van der Waals surface area contributed by atoms with Gasteiger partial charge >= 0.3 is 0 Å². The van der Waals surface area contributed by atoms with Gasteiger partial charge in [0.1, 0.15) is 11.6 Å². The number of nitriles is 1. The van der Waals surface area contributed by atoms with Gasteiger partial charge in [0.2, 0.25) is 0 Å². The Morgan fingerprint density at radius 2 is 2.00 bits per heavy atom. The summed E-state index contributed by atoms with van der Waals surface area (Å²) in [5, 5.41) is 12.5. The Kier molecular flexibility index (Phi) is 6.55. The van der Waals surface area contributed by atoms with Crippen LogP contribution in [0.3, 0.4) is 0 Å². The van der Waals surface area contributed by atoms with Crippen molar-refractivity contribution in [3.8, 4) is 6.07 Å². The molecule has 0 radical (unpaired) electrons. The van der Waals surface area contributed by atoms with Crippen LogP contribution in [0.5, 0.6) is 0 Å². The molecule has 1 amide bonds. The molecule has 162 valence electrons. The van der Waals surface area contributed by atoms with Crippen LogP contribution in [0.4, 0.5) is 11.4 Å². The van der Waals surface area contributed by atoms with Gasteiger partial charge < -0.3 is 10.2 Å². The quantitative estimate of drug-likeness (QED) is 0.461. The van der Waals surface area contributed by atoms with Gasteiger partial charge in [-0.05, 0) is 87.4 Å². The van der Waals surface area contributed by atoms with Crippen LogP contribution < -0.4 is 10.2 Å². The van der Waals surface area contributed by atoms with E-state index in [0.29, 0.717) is 12.0 Å². The molecule has 0 aromatic heterocycles. The summed E-state index contributed by atoms with van der Waals surface area (Å²) in [4.78, 5) is 15.3. The maximum atomic E-state index is 12.8. The smallest absolute Gasteiger partial charge is 0.266 e. The predicted molar refractivity (Wildman–Crippen MR) is 129 cm³/mol. The number of para-hydroxylation sites is 1. The molecule has 4 nitrogen and oxygen atoms in total. The maximum absolute atomic E-state index is 12.8. The highest BCUT2D eigenvalue weighted by molar-refractivity contribution is 6.10. The van der Waals surface area contributed by atoms with Gasteiger partial charge in [-0.2, -0.15) is 5.26 Å². The molecule has 1 aliphatic rings. The van der Waals surface area contributed by atoms with Crippen molar-refractivity contribution in [2.75, 3.05) is 10.2 Å². The predicted octanol–water partition coefficient (Wildman–Crippen LogP) is 6.30. The summed E-state index contributed by atoms with van der Waals surface area (Å²) in [7, 11) is 0. The molecule has 0 aliphatic carbocycles. The minimum atomic E-state index is -0.376. The number of aryl methyl sites for hydroxylation is 1. The third-order valence-corrected chi connectivity index (χ3v) is 6.14. The second-order valence-corrected chi connectivity index (χ2v) is 9.33. The van der Waals surface area contributed by atoms with E-state index in [1.807, 2.05) is 37.3 Å².